The molecule has 0 radical (unpaired) electrons. The van der Waals surface area contributed by atoms with Gasteiger partial charge in [-0.2, -0.15) is 0 Å². The summed E-state index contributed by atoms with van der Waals surface area (Å²) in [4.78, 5) is 40.3. The van der Waals surface area contributed by atoms with Crippen LogP contribution < -0.4 is 15.5 Å². The lowest BCUT2D eigenvalue weighted by Crippen LogP contribution is -2.45. The average Bonchev–Trinajstić information content (AvgIpc) is 2.74. The van der Waals surface area contributed by atoms with E-state index in [2.05, 4.69) is 10.6 Å². The number of hydrogen-bond acceptors (Lipinski definition) is 4. The Hall–Kier alpha value is -3.33. The maximum absolute atomic E-state index is 13.3. The molecule has 7 nitrogen and oxygen atoms in total. The van der Waals surface area contributed by atoms with E-state index in [-0.39, 0.29) is 43.1 Å². The minimum atomic E-state index is -0.800. The van der Waals surface area contributed by atoms with E-state index in [0.29, 0.717) is 17.4 Å². The molecule has 0 aromatic heterocycles. The highest BCUT2D eigenvalue weighted by molar-refractivity contribution is 6.05. The maximum Gasteiger partial charge on any atom is 0.241 e. The molecule has 1 aliphatic rings. The van der Waals surface area contributed by atoms with Gasteiger partial charge in [-0.15, -0.1) is 0 Å². The highest BCUT2D eigenvalue weighted by atomic mass is 19.1. The number of likely N-dealkylation sites (N-methyl/N-ethyl adjacent to an activating group) is 1. The Morgan fingerprint density at radius 2 is 1.83 bits per heavy atom. The van der Waals surface area contributed by atoms with Crippen LogP contribution in [0.4, 0.5) is 25.8 Å². The lowest BCUT2D eigenvalue weighted by molar-refractivity contribution is -0.121. The molecule has 0 fully saturated rings. The number of benzene rings is 2. The molecule has 3 amide bonds. The number of halogens is 2. The molecule has 0 unspecified atom stereocenters. The monoisotopic (exact) mass is 416 g/mol. The van der Waals surface area contributed by atoms with Gasteiger partial charge in [-0.05, 0) is 38.2 Å². The summed E-state index contributed by atoms with van der Waals surface area (Å²) in [5.74, 6) is -2.58. The van der Waals surface area contributed by atoms with E-state index in [9.17, 15) is 23.2 Å². The minimum Gasteiger partial charge on any atom is -0.325 e. The number of rotatable bonds is 5. The molecule has 0 saturated carbocycles. The first kappa shape index (κ1) is 21.4. The smallest absolute Gasteiger partial charge is 0.241 e. The number of carbonyl (C=O) groups excluding carboxylic acids is 3. The highest BCUT2D eigenvalue weighted by Gasteiger charge is 2.30. The maximum atomic E-state index is 13.3. The van der Waals surface area contributed by atoms with Gasteiger partial charge in [0, 0.05) is 24.2 Å². The summed E-state index contributed by atoms with van der Waals surface area (Å²) in [5, 5.41) is 5.20. The molecule has 0 bridgehead atoms. The summed E-state index contributed by atoms with van der Waals surface area (Å²) < 4.78 is 26.5. The van der Waals surface area contributed by atoms with E-state index in [1.807, 2.05) is 0 Å². The predicted octanol–water partition coefficient (Wildman–Crippen LogP) is 2.60. The highest BCUT2D eigenvalue weighted by Crippen LogP contribution is 2.31. The van der Waals surface area contributed by atoms with Crippen molar-refractivity contribution in [3.8, 4) is 0 Å². The van der Waals surface area contributed by atoms with Crippen LogP contribution in [0.15, 0.2) is 42.5 Å². The van der Waals surface area contributed by atoms with E-state index in [4.69, 9.17) is 0 Å². The van der Waals surface area contributed by atoms with Crippen LogP contribution in [0.2, 0.25) is 0 Å². The van der Waals surface area contributed by atoms with Crippen molar-refractivity contribution in [1.82, 2.24) is 4.90 Å². The number of nitrogens with zero attached hydrogens (tertiary/aromatic N) is 2. The van der Waals surface area contributed by atoms with Crippen molar-refractivity contribution >= 4 is 34.8 Å². The average molecular weight is 416 g/mol. The Morgan fingerprint density at radius 3 is 2.53 bits per heavy atom. The van der Waals surface area contributed by atoms with E-state index in [1.54, 1.807) is 43.1 Å². The first-order valence-corrected chi connectivity index (χ1v) is 9.38. The number of hydrogen-bond donors (Lipinski definition) is 2. The predicted molar refractivity (Wildman–Crippen MR) is 109 cm³/mol. The molecule has 0 aliphatic carbocycles. The summed E-state index contributed by atoms with van der Waals surface area (Å²) >= 11 is 0. The molecule has 30 heavy (non-hydrogen) atoms. The Balaban J connectivity index is 1.66. The summed E-state index contributed by atoms with van der Waals surface area (Å²) in [6.07, 6.45) is 0.149. The topological polar surface area (TPSA) is 81.8 Å². The molecule has 1 aliphatic heterocycles. The largest absolute Gasteiger partial charge is 0.325 e. The van der Waals surface area contributed by atoms with E-state index >= 15 is 0 Å². The van der Waals surface area contributed by atoms with Crippen molar-refractivity contribution in [2.75, 3.05) is 35.7 Å². The summed E-state index contributed by atoms with van der Waals surface area (Å²) in [6, 6.07) is 9.38. The molecule has 2 aromatic carbocycles. The number of nitrogens with one attached hydrogen (secondary N) is 2. The van der Waals surface area contributed by atoms with Gasteiger partial charge in [0.15, 0.2) is 0 Å². The van der Waals surface area contributed by atoms with Crippen LogP contribution in [0.3, 0.4) is 0 Å². The molecular weight excluding hydrogens is 394 g/mol. The fourth-order valence-electron chi connectivity index (χ4n) is 3.40. The summed E-state index contributed by atoms with van der Waals surface area (Å²) in [6.45, 7) is 1.54. The quantitative estimate of drug-likeness (QED) is 0.785. The molecule has 0 spiro atoms. The minimum absolute atomic E-state index is 0.00289. The molecule has 9 heteroatoms. The fraction of sp³-hybridized carbons (Fsp3) is 0.286. The molecule has 0 saturated heterocycles. The number of carbonyl (C=O) groups is 3. The van der Waals surface area contributed by atoms with Crippen LogP contribution in [0.25, 0.3) is 0 Å². The van der Waals surface area contributed by atoms with Crippen LogP contribution in [0.1, 0.15) is 13.3 Å². The van der Waals surface area contributed by atoms with Crippen molar-refractivity contribution < 1.29 is 23.2 Å². The molecular formula is C21H22F2N4O3. The van der Waals surface area contributed by atoms with Crippen LogP contribution >= 0.6 is 0 Å². The second-order valence-corrected chi connectivity index (χ2v) is 7.26. The van der Waals surface area contributed by atoms with Crippen LogP contribution in [0, 0.1) is 11.6 Å². The number of amides is 3. The lowest BCUT2D eigenvalue weighted by Gasteiger charge is -2.29. The Labute approximate surface area is 172 Å². The van der Waals surface area contributed by atoms with Crippen molar-refractivity contribution in [2.45, 2.75) is 19.4 Å². The molecule has 2 aromatic rings. The normalized spacial score (nSPS) is 16.0. The van der Waals surface area contributed by atoms with E-state index < -0.39 is 17.5 Å². The summed E-state index contributed by atoms with van der Waals surface area (Å²) in [5.41, 5.74) is 1.14. The fourth-order valence-corrected chi connectivity index (χ4v) is 3.40. The van der Waals surface area contributed by atoms with Gasteiger partial charge in [0.05, 0.1) is 24.5 Å². The van der Waals surface area contributed by atoms with Gasteiger partial charge >= 0.3 is 0 Å². The van der Waals surface area contributed by atoms with Gasteiger partial charge in [0.25, 0.3) is 0 Å². The zero-order chi connectivity index (χ0) is 21.8. The lowest BCUT2D eigenvalue weighted by atomic mass is 10.1. The third kappa shape index (κ3) is 5.18. The molecule has 2 N–H and O–H groups in total. The van der Waals surface area contributed by atoms with Crippen molar-refractivity contribution in [3.63, 3.8) is 0 Å². The van der Waals surface area contributed by atoms with Gasteiger partial charge in [-0.25, -0.2) is 8.78 Å². The Morgan fingerprint density at radius 1 is 1.17 bits per heavy atom. The van der Waals surface area contributed by atoms with Crippen molar-refractivity contribution in [1.29, 1.82) is 0 Å². The number of para-hydroxylation sites is 2. The second-order valence-electron chi connectivity index (χ2n) is 7.26. The van der Waals surface area contributed by atoms with Gasteiger partial charge in [-0.3, -0.25) is 19.3 Å². The van der Waals surface area contributed by atoms with Crippen LogP contribution in [0.5, 0.6) is 0 Å². The van der Waals surface area contributed by atoms with Gasteiger partial charge in [-0.1, -0.05) is 12.1 Å². The van der Waals surface area contributed by atoms with Crippen molar-refractivity contribution in [2.24, 2.45) is 0 Å². The molecule has 158 valence electrons. The van der Waals surface area contributed by atoms with Gasteiger partial charge in [0.1, 0.15) is 11.6 Å². The zero-order valence-corrected chi connectivity index (χ0v) is 16.6. The standard InChI is InChI=1S/C21H22F2N4O3/c1-13-7-19(28)25-17-5-3-4-6-18(17)27(13)21(30)12-26(2)11-20(29)24-16-9-14(22)8-15(23)10-16/h3-6,8-10,13H,7,11-12H2,1-2H3,(H,24,29)(H,25,28)/t13-/m0/s1. The van der Waals surface area contributed by atoms with Gasteiger partial charge < -0.3 is 15.5 Å². The third-order valence-corrected chi connectivity index (χ3v) is 4.59. The van der Waals surface area contributed by atoms with Crippen LogP contribution in [-0.2, 0) is 14.4 Å². The van der Waals surface area contributed by atoms with Crippen LogP contribution in [-0.4, -0.2) is 48.8 Å². The third-order valence-electron chi connectivity index (χ3n) is 4.59. The number of anilines is 3. The Kier molecular flexibility index (Phi) is 6.41. The van der Waals surface area contributed by atoms with E-state index in [0.717, 1.165) is 12.1 Å². The first-order valence-electron chi connectivity index (χ1n) is 9.38. The Bertz CT molecular complexity index is 962. The van der Waals surface area contributed by atoms with Crippen molar-refractivity contribution in [3.05, 3.63) is 54.1 Å². The second kappa shape index (κ2) is 9.00. The summed E-state index contributed by atoms with van der Waals surface area (Å²) in [7, 11) is 1.58. The number of fused-ring (bicyclic) bond motifs is 1. The first-order chi connectivity index (χ1) is 14.2. The molecule has 3 rings (SSSR count). The zero-order valence-electron chi connectivity index (χ0n) is 16.6. The van der Waals surface area contributed by atoms with Gasteiger partial charge in [0.2, 0.25) is 17.7 Å². The molecule has 1 heterocycles. The molecule has 1 atom stereocenters. The SMILES string of the molecule is C[C@H]1CC(=O)Nc2ccccc2N1C(=O)CN(C)CC(=O)Nc1cc(F)cc(F)c1. The van der Waals surface area contributed by atoms with E-state index in [1.165, 1.54) is 4.90 Å².